The van der Waals surface area contributed by atoms with Crippen LogP contribution in [0.1, 0.15) is 64.9 Å². The third kappa shape index (κ3) is 9.55. The Kier molecular flexibility index (Phi) is 13.4. The minimum Gasteiger partial charge on any atom is -0.396 e. The van der Waals surface area contributed by atoms with Crippen LogP contribution in [0, 0.1) is 5.92 Å². The highest BCUT2D eigenvalue weighted by atomic mass is 127. The quantitative estimate of drug-likeness (QED) is 0.185. The van der Waals surface area contributed by atoms with Gasteiger partial charge in [-0.3, -0.25) is 0 Å². The van der Waals surface area contributed by atoms with Crippen molar-refractivity contribution >= 4 is 35.6 Å². The van der Waals surface area contributed by atoms with Gasteiger partial charge < -0.3 is 20.6 Å². The van der Waals surface area contributed by atoms with Gasteiger partial charge in [-0.2, -0.15) is 0 Å². The maximum Gasteiger partial charge on any atom is 0.191 e. The lowest BCUT2D eigenvalue weighted by molar-refractivity contribution is 0.203. The first-order valence-corrected chi connectivity index (χ1v) is 11.2. The van der Waals surface area contributed by atoms with Crippen LogP contribution in [0.4, 0.5) is 5.69 Å². The number of aliphatic hydroxyl groups is 1. The second-order valence-electron chi connectivity index (χ2n) is 8.02. The molecule has 2 rings (SSSR count). The largest absolute Gasteiger partial charge is 0.396 e. The highest BCUT2D eigenvalue weighted by molar-refractivity contribution is 14.0. The van der Waals surface area contributed by atoms with Crippen LogP contribution in [0.5, 0.6) is 0 Å². The Hall–Kier alpha value is -1.02. The van der Waals surface area contributed by atoms with Crippen molar-refractivity contribution in [2.45, 2.75) is 71.9 Å². The van der Waals surface area contributed by atoms with Gasteiger partial charge >= 0.3 is 0 Å². The molecule has 0 saturated carbocycles. The number of nitrogens with zero attached hydrogens (tertiary/aromatic N) is 2. The van der Waals surface area contributed by atoms with E-state index in [4.69, 9.17) is 4.99 Å². The van der Waals surface area contributed by atoms with Crippen LogP contribution in [0.15, 0.2) is 29.3 Å². The number of benzene rings is 1. The van der Waals surface area contributed by atoms with Gasteiger partial charge in [0, 0.05) is 38.0 Å². The second kappa shape index (κ2) is 14.9. The Bertz CT molecular complexity index is 571. The van der Waals surface area contributed by atoms with E-state index in [0.717, 1.165) is 38.4 Å². The third-order valence-corrected chi connectivity index (χ3v) is 5.56. The van der Waals surface area contributed by atoms with Crippen LogP contribution >= 0.6 is 24.0 Å². The first-order valence-electron chi connectivity index (χ1n) is 11.2. The van der Waals surface area contributed by atoms with Gasteiger partial charge in [0.15, 0.2) is 5.96 Å². The summed E-state index contributed by atoms with van der Waals surface area (Å²) in [5.41, 5.74) is 2.50. The zero-order valence-electron chi connectivity index (χ0n) is 18.5. The van der Waals surface area contributed by atoms with E-state index in [1.54, 1.807) is 0 Å². The number of aliphatic imine (C=N–C) groups is 1. The van der Waals surface area contributed by atoms with Crippen LogP contribution in [-0.2, 0) is 6.54 Å². The lowest BCUT2D eigenvalue weighted by Gasteiger charge is -2.32. The highest BCUT2D eigenvalue weighted by Crippen LogP contribution is 2.23. The molecule has 29 heavy (non-hydrogen) atoms. The summed E-state index contributed by atoms with van der Waals surface area (Å²) in [4.78, 5) is 7.19. The zero-order valence-corrected chi connectivity index (χ0v) is 20.8. The molecule has 1 aromatic rings. The van der Waals surface area contributed by atoms with E-state index in [2.05, 4.69) is 60.6 Å². The molecule has 0 bridgehead atoms. The average molecular weight is 517 g/mol. The predicted octanol–water partition coefficient (Wildman–Crippen LogP) is 4.54. The molecule has 1 aliphatic heterocycles. The fraction of sp³-hybridized carbons (Fsp3) is 0.696. The van der Waals surface area contributed by atoms with Crippen molar-refractivity contribution in [1.82, 2.24) is 10.6 Å². The molecule has 1 heterocycles. The molecule has 0 aliphatic carbocycles. The van der Waals surface area contributed by atoms with Gasteiger partial charge in [0.2, 0.25) is 0 Å². The SMILES string of the molecule is CCCCCC(C)NC(=NCc1ccc(N2CCC(CO)CC2)cc1)NCC.I. The van der Waals surface area contributed by atoms with Crippen LogP contribution in [0.3, 0.4) is 0 Å². The Morgan fingerprint density at radius 2 is 1.86 bits per heavy atom. The van der Waals surface area contributed by atoms with Gasteiger partial charge in [0.25, 0.3) is 0 Å². The van der Waals surface area contributed by atoms with E-state index in [0.29, 0.717) is 25.1 Å². The van der Waals surface area contributed by atoms with Crippen molar-refractivity contribution in [2.24, 2.45) is 10.9 Å². The molecular formula is C23H41IN4O. The summed E-state index contributed by atoms with van der Waals surface area (Å²) >= 11 is 0. The van der Waals surface area contributed by atoms with Crippen molar-refractivity contribution in [3.63, 3.8) is 0 Å². The minimum absolute atomic E-state index is 0. The molecule has 1 fully saturated rings. The number of hydrogen-bond acceptors (Lipinski definition) is 3. The summed E-state index contributed by atoms with van der Waals surface area (Å²) in [6, 6.07) is 9.22. The Morgan fingerprint density at radius 1 is 1.17 bits per heavy atom. The second-order valence-corrected chi connectivity index (χ2v) is 8.02. The average Bonchev–Trinajstić information content (AvgIpc) is 2.73. The highest BCUT2D eigenvalue weighted by Gasteiger charge is 2.18. The number of unbranched alkanes of at least 4 members (excludes halogenated alkanes) is 2. The standard InChI is InChI=1S/C23H40N4O.HI/c1-4-6-7-8-19(3)26-23(24-5-2)25-17-20-9-11-22(12-10-20)27-15-13-21(18-28)14-16-27;/h9-12,19,21,28H,4-8,13-18H2,1-3H3,(H2,24,25,26);1H. The topological polar surface area (TPSA) is 59.9 Å². The number of nitrogens with one attached hydrogen (secondary N) is 2. The number of piperidine rings is 1. The molecule has 0 spiro atoms. The molecule has 1 aromatic carbocycles. The van der Waals surface area contributed by atoms with Crippen LogP contribution < -0.4 is 15.5 Å². The van der Waals surface area contributed by atoms with Crippen molar-refractivity contribution in [3.8, 4) is 0 Å². The zero-order chi connectivity index (χ0) is 20.2. The first kappa shape index (κ1) is 26.0. The van der Waals surface area contributed by atoms with Gasteiger partial charge in [0.05, 0.1) is 6.54 Å². The normalized spacial score (nSPS) is 16.3. The number of anilines is 1. The lowest BCUT2D eigenvalue weighted by Crippen LogP contribution is -2.42. The number of halogens is 1. The molecule has 6 heteroatoms. The fourth-order valence-corrected chi connectivity index (χ4v) is 3.68. The predicted molar refractivity (Wildman–Crippen MR) is 135 cm³/mol. The van der Waals surface area contributed by atoms with Gasteiger partial charge in [-0.15, -0.1) is 24.0 Å². The summed E-state index contributed by atoms with van der Waals surface area (Å²) in [6.07, 6.45) is 7.16. The van der Waals surface area contributed by atoms with E-state index >= 15 is 0 Å². The Balaban J connectivity index is 0.00000420. The summed E-state index contributed by atoms with van der Waals surface area (Å²) < 4.78 is 0. The first-order chi connectivity index (χ1) is 13.7. The van der Waals surface area contributed by atoms with Gasteiger partial charge in [-0.05, 0) is 56.7 Å². The number of hydrogen-bond donors (Lipinski definition) is 3. The minimum atomic E-state index is 0. The van der Waals surface area contributed by atoms with Crippen molar-refractivity contribution in [2.75, 3.05) is 31.1 Å². The van der Waals surface area contributed by atoms with Crippen LogP contribution in [0.2, 0.25) is 0 Å². The van der Waals surface area contributed by atoms with E-state index in [-0.39, 0.29) is 24.0 Å². The monoisotopic (exact) mass is 516 g/mol. The molecule has 0 radical (unpaired) electrons. The van der Waals surface area contributed by atoms with Gasteiger partial charge in [-0.25, -0.2) is 4.99 Å². The maximum atomic E-state index is 9.29. The molecule has 0 aromatic heterocycles. The summed E-state index contributed by atoms with van der Waals surface area (Å²) in [5.74, 6) is 1.38. The van der Waals surface area contributed by atoms with Gasteiger partial charge in [-0.1, -0.05) is 38.3 Å². The fourth-order valence-electron chi connectivity index (χ4n) is 3.68. The molecule has 166 valence electrons. The molecule has 0 amide bonds. The third-order valence-electron chi connectivity index (χ3n) is 5.56. The summed E-state index contributed by atoms with van der Waals surface area (Å²) in [7, 11) is 0. The lowest BCUT2D eigenvalue weighted by atomic mass is 9.97. The summed E-state index contributed by atoms with van der Waals surface area (Å²) in [6.45, 7) is 10.5. The number of aliphatic hydroxyl groups excluding tert-OH is 1. The molecule has 1 saturated heterocycles. The van der Waals surface area contributed by atoms with E-state index < -0.39 is 0 Å². The summed E-state index contributed by atoms with van der Waals surface area (Å²) in [5, 5.41) is 16.2. The molecule has 3 N–H and O–H groups in total. The van der Waals surface area contributed by atoms with Crippen LogP contribution in [-0.4, -0.2) is 43.3 Å². The Labute approximate surface area is 194 Å². The maximum absolute atomic E-state index is 9.29. The van der Waals surface area contributed by atoms with E-state index in [1.807, 2.05) is 0 Å². The van der Waals surface area contributed by atoms with Crippen molar-refractivity contribution < 1.29 is 5.11 Å². The number of guanidine groups is 1. The van der Waals surface area contributed by atoms with Gasteiger partial charge in [0.1, 0.15) is 0 Å². The van der Waals surface area contributed by atoms with Crippen molar-refractivity contribution in [3.05, 3.63) is 29.8 Å². The number of rotatable bonds is 10. The smallest absolute Gasteiger partial charge is 0.191 e. The molecule has 1 unspecified atom stereocenters. The van der Waals surface area contributed by atoms with E-state index in [1.165, 1.54) is 36.9 Å². The molecule has 5 nitrogen and oxygen atoms in total. The molecule has 1 aliphatic rings. The molecular weight excluding hydrogens is 475 g/mol. The molecule has 1 atom stereocenters. The Morgan fingerprint density at radius 3 is 2.45 bits per heavy atom. The van der Waals surface area contributed by atoms with Crippen LogP contribution in [0.25, 0.3) is 0 Å². The van der Waals surface area contributed by atoms with E-state index in [9.17, 15) is 5.11 Å². The van der Waals surface area contributed by atoms with Crippen molar-refractivity contribution in [1.29, 1.82) is 0 Å².